The number of aryl methyl sites for hydroxylation is 1. The predicted octanol–water partition coefficient (Wildman–Crippen LogP) is 6.75. The Hall–Kier alpha value is -1.41. The van der Waals surface area contributed by atoms with Crippen LogP contribution in [0.2, 0.25) is 0 Å². The van der Waals surface area contributed by atoms with E-state index in [1.807, 2.05) is 0 Å². The van der Waals surface area contributed by atoms with Crippen molar-refractivity contribution in [3.05, 3.63) is 35.9 Å². The van der Waals surface area contributed by atoms with Gasteiger partial charge in [-0.15, -0.1) is 11.6 Å². The average molecular weight is 363 g/mol. The highest BCUT2D eigenvalue weighted by Crippen LogP contribution is 2.36. The third-order valence-corrected chi connectivity index (χ3v) is 4.84. The molecule has 3 heteroatoms. The predicted molar refractivity (Wildman–Crippen MR) is 108 cm³/mol. The van der Waals surface area contributed by atoms with Crippen molar-refractivity contribution >= 4 is 22.4 Å². The first-order valence-corrected chi connectivity index (χ1v) is 9.88. The number of halogens is 1. The molecule has 0 fully saturated rings. The summed E-state index contributed by atoms with van der Waals surface area (Å²) < 4.78 is 12.2. The minimum absolute atomic E-state index is 0.292. The zero-order chi connectivity index (χ0) is 18.2. The van der Waals surface area contributed by atoms with Gasteiger partial charge in [-0.2, -0.15) is 0 Å². The maximum Gasteiger partial charge on any atom is 0.130 e. The SMILES string of the molecule is CCC(Cl)CCCCOc1cc(C)c(OCC(C)C)c2ccccc12. The van der Waals surface area contributed by atoms with E-state index >= 15 is 0 Å². The van der Waals surface area contributed by atoms with E-state index in [4.69, 9.17) is 21.1 Å². The summed E-state index contributed by atoms with van der Waals surface area (Å²) in [6, 6.07) is 10.4. The fraction of sp³-hybridized carbons (Fsp3) is 0.545. The molecule has 0 aromatic heterocycles. The van der Waals surface area contributed by atoms with Crippen LogP contribution in [0.1, 0.15) is 52.0 Å². The second kappa shape index (κ2) is 9.91. The van der Waals surface area contributed by atoms with Gasteiger partial charge in [0.1, 0.15) is 11.5 Å². The van der Waals surface area contributed by atoms with Gasteiger partial charge in [0.15, 0.2) is 0 Å². The summed E-state index contributed by atoms with van der Waals surface area (Å²) in [7, 11) is 0. The van der Waals surface area contributed by atoms with Crippen molar-refractivity contribution in [3.8, 4) is 11.5 Å². The third-order valence-electron chi connectivity index (χ3n) is 4.32. The molecule has 138 valence electrons. The van der Waals surface area contributed by atoms with Gasteiger partial charge in [-0.3, -0.25) is 0 Å². The highest BCUT2D eigenvalue weighted by Gasteiger charge is 2.12. The molecule has 2 aromatic rings. The van der Waals surface area contributed by atoms with Gasteiger partial charge in [-0.1, -0.05) is 45.0 Å². The van der Waals surface area contributed by atoms with Gasteiger partial charge < -0.3 is 9.47 Å². The van der Waals surface area contributed by atoms with E-state index in [-0.39, 0.29) is 0 Å². The van der Waals surface area contributed by atoms with Crippen LogP contribution in [0.15, 0.2) is 30.3 Å². The van der Waals surface area contributed by atoms with Crippen molar-refractivity contribution in [2.45, 2.75) is 58.8 Å². The Morgan fingerprint density at radius 2 is 1.76 bits per heavy atom. The summed E-state index contributed by atoms with van der Waals surface area (Å²) in [6.07, 6.45) is 4.23. The first-order chi connectivity index (χ1) is 12.0. The molecule has 0 aliphatic rings. The molecule has 2 rings (SSSR count). The molecule has 0 aliphatic carbocycles. The van der Waals surface area contributed by atoms with Crippen molar-refractivity contribution < 1.29 is 9.47 Å². The van der Waals surface area contributed by atoms with Crippen molar-refractivity contribution in [1.82, 2.24) is 0 Å². The molecular formula is C22H31ClO2. The monoisotopic (exact) mass is 362 g/mol. The molecule has 2 aromatic carbocycles. The van der Waals surface area contributed by atoms with Gasteiger partial charge >= 0.3 is 0 Å². The highest BCUT2D eigenvalue weighted by molar-refractivity contribution is 6.20. The highest BCUT2D eigenvalue weighted by atomic mass is 35.5. The molecule has 0 saturated heterocycles. The zero-order valence-electron chi connectivity index (χ0n) is 16.0. The quantitative estimate of drug-likeness (QED) is 0.343. The molecule has 0 saturated carbocycles. The van der Waals surface area contributed by atoms with Crippen molar-refractivity contribution in [2.75, 3.05) is 13.2 Å². The summed E-state index contributed by atoms with van der Waals surface area (Å²) in [6.45, 7) is 10.0. The Bertz CT molecular complexity index is 666. The Kier molecular flexibility index (Phi) is 7.90. The number of benzene rings is 2. The topological polar surface area (TPSA) is 18.5 Å². The Morgan fingerprint density at radius 1 is 1.04 bits per heavy atom. The minimum atomic E-state index is 0.292. The van der Waals surface area contributed by atoms with Crippen LogP contribution >= 0.6 is 11.6 Å². The van der Waals surface area contributed by atoms with Gasteiger partial charge in [0.2, 0.25) is 0 Å². The number of alkyl halides is 1. The van der Waals surface area contributed by atoms with Crippen LogP contribution in [0.5, 0.6) is 11.5 Å². The number of hydrogen-bond acceptors (Lipinski definition) is 2. The van der Waals surface area contributed by atoms with Crippen LogP contribution < -0.4 is 9.47 Å². The number of unbranched alkanes of at least 4 members (excludes halogenated alkanes) is 1. The Morgan fingerprint density at radius 3 is 2.44 bits per heavy atom. The molecule has 25 heavy (non-hydrogen) atoms. The molecule has 0 bridgehead atoms. The van der Waals surface area contributed by atoms with Gasteiger partial charge in [0.25, 0.3) is 0 Å². The summed E-state index contributed by atoms with van der Waals surface area (Å²) in [5.74, 6) is 2.43. The Balaban J connectivity index is 2.09. The van der Waals surface area contributed by atoms with E-state index in [1.165, 1.54) is 0 Å². The fourth-order valence-corrected chi connectivity index (χ4v) is 3.02. The van der Waals surface area contributed by atoms with E-state index in [9.17, 15) is 0 Å². The molecule has 0 radical (unpaired) electrons. The lowest BCUT2D eigenvalue weighted by Crippen LogP contribution is -2.06. The van der Waals surface area contributed by atoms with Crippen LogP contribution in [0.25, 0.3) is 10.8 Å². The molecule has 0 aliphatic heterocycles. The average Bonchev–Trinajstić information content (AvgIpc) is 2.60. The fourth-order valence-electron chi connectivity index (χ4n) is 2.86. The molecule has 0 heterocycles. The molecule has 0 N–H and O–H groups in total. The maximum absolute atomic E-state index is 6.17. The minimum Gasteiger partial charge on any atom is -0.493 e. The lowest BCUT2D eigenvalue weighted by atomic mass is 10.0. The molecule has 1 atom stereocenters. The lowest BCUT2D eigenvalue weighted by molar-refractivity contribution is 0.271. The van der Waals surface area contributed by atoms with Crippen molar-refractivity contribution in [2.24, 2.45) is 5.92 Å². The van der Waals surface area contributed by atoms with Crippen molar-refractivity contribution in [1.29, 1.82) is 0 Å². The second-order valence-electron chi connectivity index (χ2n) is 7.12. The molecule has 1 unspecified atom stereocenters. The molecule has 0 amide bonds. The largest absolute Gasteiger partial charge is 0.493 e. The summed E-state index contributed by atoms with van der Waals surface area (Å²) in [5, 5.41) is 2.54. The summed E-state index contributed by atoms with van der Waals surface area (Å²) in [5.41, 5.74) is 1.13. The number of fused-ring (bicyclic) bond motifs is 1. The lowest BCUT2D eigenvalue weighted by Gasteiger charge is -2.17. The van der Waals surface area contributed by atoms with Gasteiger partial charge in [-0.25, -0.2) is 0 Å². The normalized spacial score (nSPS) is 12.6. The van der Waals surface area contributed by atoms with Gasteiger partial charge in [0, 0.05) is 16.1 Å². The second-order valence-corrected chi connectivity index (χ2v) is 7.74. The van der Waals surface area contributed by atoms with E-state index < -0.39 is 0 Å². The number of hydrogen-bond donors (Lipinski definition) is 0. The standard InChI is InChI=1S/C22H31ClO2/c1-5-18(23)10-8-9-13-24-21-14-17(4)22(25-15-16(2)3)20-12-7-6-11-19(20)21/h6-7,11-12,14,16,18H,5,8-10,13,15H2,1-4H3. The summed E-state index contributed by atoms with van der Waals surface area (Å²) >= 11 is 6.17. The zero-order valence-corrected chi connectivity index (χ0v) is 16.7. The maximum atomic E-state index is 6.17. The van der Waals surface area contributed by atoms with Crippen LogP contribution in [0, 0.1) is 12.8 Å². The van der Waals surface area contributed by atoms with Gasteiger partial charge in [-0.05, 0) is 50.2 Å². The smallest absolute Gasteiger partial charge is 0.130 e. The first kappa shape index (κ1) is 19.9. The van der Waals surface area contributed by atoms with Crippen LogP contribution in [-0.4, -0.2) is 18.6 Å². The number of ether oxygens (including phenoxy) is 2. The van der Waals surface area contributed by atoms with E-state index in [1.54, 1.807) is 0 Å². The van der Waals surface area contributed by atoms with E-state index in [0.717, 1.165) is 66.7 Å². The third kappa shape index (κ3) is 5.81. The molecule has 2 nitrogen and oxygen atoms in total. The number of rotatable bonds is 10. The van der Waals surface area contributed by atoms with Gasteiger partial charge in [0.05, 0.1) is 13.2 Å². The van der Waals surface area contributed by atoms with E-state index in [2.05, 4.69) is 58.0 Å². The van der Waals surface area contributed by atoms with E-state index in [0.29, 0.717) is 11.3 Å². The van der Waals surface area contributed by atoms with Crippen molar-refractivity contribution in [3.63, 3.8) is 0 Å². The molecule has 0 spiro atoms. The van der Waals surface area contributed by atoms with Crippen LogP contribution in [0.4, 0.5) is 0 Å². The molecular weight excluding hydrogens is 332 g/mol. The van der Waals surface area contributed by atoms with Crippen LogP contribution in [0.3, 0.4) is 0 Å². The first-order valence-electron chi connectivity index (χ1n) is 9.45. The van der Waals surface area contributed by atoms with Crippen LogP contribution in [-0.2, 0) is 0 Å². The summed E-state index contributed by atoms with van der Waals surface area (Å²) in [4.78, 5) is 0. The Labute approximate surface area is 157 Å².